The highest BCUT2D eigenvalue weighted by Crippen LogP contribution is 2.20. The monoisotopic (exact) mass is 510 g/mol. The summed E-state index contributed by atoms with van der Waals surface area (Å²) in [6.07, 6.45) is 5.04. The van der Waals surface area contributed by atoms with Gasteiger partial charge in [-0.15, -0.1) is 24.0 Å². The van der Waals surface area contributed by atoms with Crippen LogP contribution in [0, 0.1) is 5.92 Å². The zero-order valence-electron chi connectivity index (χ0n) is 18.0. The average Bonchev–Trinajstić information content (AvgIpc) is 3.25. The van der Waals surface area contributed by atoms with Crippen molar-refractivity contribution in [3.8, 4) is 0 Å². The van der Waals surface area contributed by atoms with Gasteiger partial charge >= 0.3 is 0 Å². The zero-order chi connectivity index (χ0) is 19.9. The first kappa shape index (κ1) is 23.7. The Morgan fingerprint density at radius 3 is 2.72 bits per heavy atom. The molecule has 1 aliphatic heterocycles. The number of halogens is 1. The van der Waals surface area contributed by atoms with Gasteiger partial charge in [-0.1, -0.05) is 44.2 Å². The van der Waals surface area contributed by atoms with Crippen LogP contribution in [0.25, 0.3) is 0 Å². The molecule has 1 fully saturated rings. The zero-order valence-corrected chi connectivity index (χ0v) is 20.3. The lowest BCUT2D eigenvalue weighted by Crippen LogP contribution is -2.44. The maximum atomic E-state index is 4.49. The van der Waals surface area contributed by atoms with E-state index in [2.05, 4.69) is 81.2 Å². The first-order chi connectivity index (χ1) is 13.5. The van der Waals surface area contributed by atoms with Crippen molar-refractivity contribution in [3.63, 3.8) is 0 Å². The van der Waals surface area contributed by atoms with Gasteiger partial charge in [0.15, 0.2) is 5.96 Å². The second kappa shape index (κ2) is 11.5. The molecule has 0 aliphatic carbocycles. The first-order valence-corrected chi connectivity index (χ1v) is 10.3. The molecule has 0 amide bonds. The summed E-state index contributed by atoms with van der Waals surface area (Å²) >= 11 is 0. The smallest absolute Gasteiger partial charge is 0.191 e. The molecule has 0 saturated carbocycles. The van der Waals surface area contributed by atoms with E-state index in [1.807, 2.05) is 19.4 Å². The fourth-order valence-corrected chi connectivity index (χ4v) is 3.86. The lowest BCUT2D eigenvalue weighted by molar-refractivity contribution is 0.258. The number of likely N-dealkylation sites (tertiary alicyclic amines) is 1. The highest BCUT2D eigenvalue weighted by molar-refractivity contribution is 14.0. The number of nitrogens with zero attached hydrogens (tertiary/aromatic N) is 4. The van der Waals surface area contributed by atoms with E-state index in [0.717, 1.165) is 37.8 Å². The molecule has 0 spiro atoms. The Morgan fingerprint density at radius 2 is 2.03 bits per heavy atom. The molecule has 2 aromatic rings. The minimum atomic E-state index is 0. The lowest BCUT2D eigenvalue weighted by atomic mass is 10.2. The van der Waals surface area contributed by atoms with Crippen LogP contribution >= 0.6 is 24.0 Å². The largest absolute Gasteiger partial charge is 0.352 e. The van der Waals surface area contributed by atoms with E-state index in [1.165, 1.54) is 5.56 Å². The molecule has 2 atom stereocenters. The van der Waals surface area contributed by atoms with Gasteiger partial charge in [0, 0.05) is 51.2 Å². The van der Waals surface area contributed by atoms with Crippen molar-refractivity contribution in [2.75, 3.05) is 13.6 Å². The van der Waals surface area contributed by atoms with Gasteiger partial charge < -0.3 is 15.2 Å². The number of hydrogen-bond donors (Lipinski definition) is 2. The molecule has 3 rings (SSSR count). The number of aliphatic imine (C=N–C) groups is 1. The molecule has 1 saturated heterocycles. The van der Waals surface area contributed by atoms with Crippen LogP contribution in [-0.4, -0.2) is 46.1 Å². The van der Waals surface area contributed by atoms with Crippen LogP contribution in [-0.2, 0) is 19.6 Å². The Morgan fingerprint density at radius 1 is 1.28 bits per heavy atom. The highest BCUT2D eigenvalue weighted by Gasteiger charge is 2.29. The van der Waals surface area contributed by atoms with E-state index in [1.54, 1.807) is 0 Å². The van der Waals surface area contributed by atoms with Crippen molar-refractivity contribution in [2.24, 2.45) is 10.9 Å². The predicted octanol–water partition coefficient (Wildman–Crippen LogP) is 3.49. The molecule has 29 heavy (non-hydrogen) atoms. The van der Waals surface area contributed by atoms with E-state index < -0.39 is 0 Å². The molecule has 6 nitrogen and oxygen atoms in total. The maximum Gasteiger partial charge on any atom is 0.191 e. The van der Waals surface area contributed by atoms with Gasteiger partial charge in [-0.05, 0) is 24.8 Å². The third-order valence-electron chi connectivity index (χ3n) is 5.27. The van der Waals surface area contributed by atoms with Crippen LogP contribution in [0.3, 0.4) is 0 Å². The molecular weight excluding hydrogens is 475 g/mol. The minimum Gasteiger partial charge on any atom is -0.352 e. The molecule has 160 valence electrons. The molecule has 1 aromatic carbocycles. The van der Waals surface area contributed by atoms with Crippen molar-refractivity contribution in [1.82, 2.24) is 25.1 Å². The van der Waals surface area contributed by atoms with Crippen molar-refractivity contribution in [2.45, 2.75) is 58.9 Å². The minimum absolute atomic E-state index is 0. The van der Waals surface area contributed by atoms with Gasteiger partial charge in [0.05, 0.1) is 6.54 Å². The van der Waals surface area contributed by atoms with Crippen LogP contribution in [0.4, 0.5) is 0 Å². The van der Waals surface area contributed by atoms with Crippen LogP contribution in [0.15, 0.2) is 47.7 Å². The third-order valence-corrected chi connectivity index (χ3v) is 5.27. The van der Waals surface area contributed by atoms with Gasteiger partial charge in [-0.2, -0.15) is 0 Å². The number of hydrogen-bond acceptors (Lipinski definition) is 3. The number of imidazole rings is 1. The van der Waals surface area contributed by atoms with E-state index in [-0.39, 0.29) is 24.0 Å². The van der Waals surface area contributed by atoms with E-state index in [4.69, 9.17) is 0 Å². The first-order valence-electron chi connectivity index (χ1n) is 10.3. The second-order valence-corrected chi connectivity index (χ2v) is 8.16. The van der Waals surface area contributed by atoms with E-state index in [0.29, 0.717) is 24.5 Å². The SMILES string of the molecule is CN=C(NCc1nccn1CC(C)C)NC1CC(C)N(Cc2ccccc2)C1.I. The molecule has 2 N–H and O–H groups in total. The summed E-state index contributed by atoms with van der Waals surface area (Å²) < 4.78 is 2.21. The summed E-state index contributed by atoms with van der Waals surface area (Å²) in [5.74, 6) is 2.49. The number of benzene rings is 1. The quantitative estimate of drug-likeness (QED) is 0.340. The van der Waals surface area contributed by atoms with Crippen LogP contribution in [0.1, 0.15) is 38.6 Å². The topological polar surface area (TPSA) is 57.5 Å². The molecule has 1 aromatic heterocycles. The molecule has 2 heterocycles. The predicted molar refractivity (Wildman–Crippen MR) is 131 cm³/mol. The molecule has 1 aliphatic rings. The molecule has 0 radical (unpaired) electrons. The van der Waals surface area contributed by atoms with Gasteiger partial charge in [-0.25, -0.2) is 4.98 Å². The average molecular weight is 510 g/mol. The van der Waals surface area contributed by atoms with Crippen molar-refractivity contribution < 1.29 is 0 Å². The summed E-state index contributed by atoms with van der Waals surface area (Å²) in [5, 5.41) is 7.02. The van der Waals surface area contributed by atoms with Gasteiger partial charge in [0.1, 0.15) is 5.82 Å². The van der Waals surface area contributed by atoms with Crippen molar-refractivity contribution >= 4 is 29.9 Å². The maximum absolute atomic E-state index is 4.49. The molecular formula is C22H35IN6. The number of nitrogens with one attached hydrogen (secondary N) is 2. The van der Waals surface area contributed by atoms with Crippen LogP contribution in [0.2, 0.25) is 0 Å². The molecule has 7 heteroatoms. The van der Waals surface area contributed by atoms with Crippen LogP contribution in [0.5, 0.6) is 0 Å². The third kappa shape index (κ3) is 6.99. The molecule has 2 unspecified atom stereocenters. The number of guanidine groups is 1. The van der Waals surface area contributed by atoms with E-state index >= 15 is 0 Å². The Hall–Kier alpha value is -1.61. The fraction of sp³-hybridized carbons (Fsp3) is 0.545. The van der Waals surface area contributed by atoms with E-state index in [9.17, 15) is 0 Å². The Bertz CT molecular complexity index is 758. The van der Waals surface area contributed by atoms with Crippen molar-refractivity contribution in [3.05, 3.63) is 54.1 Å². The highest BCUT2D eigenvalue weighted by atomic mass is 127. The van der Waals surface area contributed by atoms with Crippen molar-refractivity contribution in [1.29, 1.82) is 0 Å². The summed E-state index contributed by atoms with van der Waals surface area (Å²) in [5.41, 5.74) is 1.37. The lowest BCUT2D eigenvalue weighted by Gasteiger charge is -2.21. The van der Waals surface area contributed by atoms with Crippen LogP contribution < -0.4 is 10.6 Å². The standard InChI is InChI=1S/C22H34N6.HI/c1-17(2)14-27-11-10-24-21(27)13-25-22(23-4)26-20-12-18(3)28(16-20)15-19-8-6-5-7-9-19;/h5-11,17-18,20H,12-16H2,1-4H3,(H2,23,25,26);1H. The van der Waals surface area contributed by atoms with Gasteiger partial charge in [0.2, 0.25) is 0 Å². The normalized spacial score (nSPS) is 20.0. The summed E-state index contributed by atoms with van der Waals surface area (Å²) in [4.78, 5) is 11.4. The summed E-state index contributed by atoms with van der Waals surface area (Å²) in [6, 6.07) is 11.7. The Labute approximate surface area is 192 Å². The summed E-state index contributed by atoms with van der Waals surface area (Å²) in [7, 11) is 1.83. The fourth-order valence-electron chi connectivity index (χ4n) is 3.86. The Kier molecular flexibility index (Phi) is 9.42. The van der Waals surface area contributed by atoms with Gasteiger partial charge in [-0.3, -0.25) is 9.89 Å². The number of rotatable bonds is 7. The van der Waals surface area contributed by atoms with Gasteiger partial charge in [0.25, 0.3) is 0 Å². The Balaban J connectivity index is 0.00000300. The molecule has 0 bridgehead atoms. The summed E-state index contributed by atoms with van der Waals surface area (Å²) in [6.45, 7) is 10.4. The number of aromatic nitrogens is 2. The second-order valence-electron chi connectivity index (χ2n) is 8.16.